The molecule has 11 rings (SSSR count). The number of rotatable bonds is 40. The van der Waals surface area contributed by atoms with Crippen LogP contribution in [0.25, 0.3) is 0 Å². The van der Waals surface area contributed by atoms with Crippen molar-refractivity contribution in [1.29, 1.82) is 0 Å². The van der Waals surface area contributed by atoms with Crippen LogP contribution in [0.3, 0.4) is 0 Å². The van der Waals surface area contributed by atoms with Crippen molar-refractivity contribution >= 4 is 23.6 Å². The summed E-state index contributed by atoms with van der Waals surface area (Å²) < 4.78 is 133. The first-order valence-electron chi connectivity index (χ1n) is 45.8. The Labute approximate surface area is 810 Å². The molecule has 11 heterocycles. The molecule has 0 aliphatic carbocycles. The van der Waals surface area contributed by atoms with Crippen molar-refractivity contribution in [3.63, 3.8) is 0 Å². The fraction of sp³-hybridized carbons (Fsp3) is 0.950. The van der Waals surface area contributed by atoms with Crippen LogP contribution in [0.2, 0.25) is 0 Å². The van der Waals surface area contributed by atoms with E-state index in [0.717, 1.165) is 27.7 Å². The summed E-state index contributed by atoms with van der Waals surface area (Å²) in [6.45, 7) is -7.25. The van der Waals surface area contributed by atoms with Gasteiger partial charge in [-0.3, -0.25) is 19.2 Å². The number of hydrogen-bond donors (Lipinski definition) is 37. The molecule has 0 unspecified atom stereocenters. The van der Waals surface area contributed by atoms with Crippen molar-refractivity contribution in [2.75, 3.05) is 72.7 Å². The Bertz CT molecular complexity index is 3900. The van der Waals surface area contributed by atoms with E-state index in [4.69, 9.17) is 104 Å². The normalized spacial score (nSPS) is 48.3. The molecule has 4 amide bonds. The van der Waals surface area contributed by atoms with E-state index in [1.54, 1.807) is 0 Å². The van der Waals surface area contributed by atoms with E-state index < -0.39 is 458 Å². The van der Waals surface area contributed by atoms with Crippen molar-refractivity contribution < 1.29 is 292 Å². The minimum absolute atomic E-state index is 0.860. The molecule has 830 valence electrons. The summed E-state index contributed by atoms with van der Waals surface area (Å²) in [7, 11) is 0. The lowest BCUT2D eigenvalue weighted by Gasteiger charge is -2.52. The molecule has 37 N–H and O–H groups in total. The van der Waals surface area contributed by atoms with Crippen molar-refractivity contribution in [3.05, 3.63) is 0 Å². The molecule has 63 nitrogen and oxygen atoms in total. The molecule has 11 aliphatic rings. The summed E-state index contributed by atoms with van der Waals surface area (Å²) in [5.74, 6) is -4.13. The Morgan fingerprint density at radius 3 is 0.909 bits per heavy atom. The summed E-state index contributed by atoms with van der Waals surface area (Å²) in [5, 5.41) is 379. The second kappa shape index (κ2) is 52.3. The van der Waals surface area contributed by atoms with Gasteiger partial charge in [0.1, 0.15) is 281 Å². The molecular formula is C80H136N4O59. The molecule has 11 fully saturated rings. The molecule has 0 radical (unpaired) electrons. The summed E-state index contributed by atoms with van der Waals surface area (Å²) >= 11 is 0. The van der Waals surface area contributed by atoms with E-state index >= 15 is 0 Å². The number of aliphatic hydroxyl groups is 33. The van der Waals surface area contributed by atoms with Crippen LogP contribution in [0.5, 0.6) is 0 Å². The van der Waals surface area contributed by atoms with Crippen LogP contribution in [-0.2, 0) is 123 Å². The average molecular weight is 2100 g/mol. The van der Waals surface area contributed by atoms with Gasteiger partial charge in [-0.25, -0.2) is 0 Å². The minimum Gasteiger partial charge on any atom is -0.394 e. The largest absolute Gasteiger partial charge is 0.394 e. The van der Waals surface area contributed by atoms with Gasteiger partial charge in [0.2, 0.25) is 23.6 Å². The molecule has 0 aromatic carbocycles. The van der Waals surface area contributed by atoms with Gasteiger partial charge in [-0.15, -0.1) is 0 Å². The molecule has 63 heteroatoms. The SMILES string of the molecule is CC(=O)N[C@H]1[C@H](OC[C@H]2O[C@@H](O[C@H]3[C@H](O)[C@@H](NC(C)=O)[C@H](OC[C@H]4O[C@@H](O[C@@H]([C@H](O)[C@@H](O)CO)[C@H](O)CO)[C@H](O)[C@@H](O[C@@H]5O[C@H](CO)[C@@H](O[C@@H]6O[C@@H](C)[C@@H](O)[C@@H](O)[C@@H]6O)[C@H](O[C@@H]6O[C@H](CO)[C@H](O)[C@H](O)[C@H]6O[C@@H]6O[C@@H](C)[C@@H](O)[C@@H](O)[C@@H]6O)[C@H]5NC(C)=O)[C@H]4O)O[C@@H]3CO)[C@H](O)[C@@H](O[C@@H]3O[C@H](CO)[C@@H](O)[C@H](O[C@@H]4O[C@H](CO)[C@H](O)[C@H](O)[C@H]4O)[C@H]3NC(C)=O)[C@H]2O)O[C@H](CO)[C@@H](O[C@@H]2O[C@H](CO)[C@H](O)[C@H](O)[C@H]2O)[C@@H]1O. The highest BCUT2D eigenvalue weighted by atomic mass is 16.8. The molecule has 0 spiro atoms. The van der Waals surface area contributed by atoms with Crippen LogP contribution in [0, 0.1) is 0 Å². The number of carbonyl (C=O) groups excluding carboxylic acids is 4. The van der Waals surface area contributed by atoms with Gasteiger partial charge in [-0.2, -0.15) is 0 Å². The summed E-state index contributed by atoms with van der Waals surface area (Å²) in [6, 6.07) is -8.22. The second-order valence-electron chi connectivity index (χ2n) is 36.4. The topological polar surface area (TPSA) is 987 Å². The summed E-state index contributed by atoms with van der Waals surface area (Å²) in [5.41, 5.74) is 0. The maximum absolute atomic E-state index is 13.8. The summed E-state index contributed by atoms with van der Waals surface area (Å²) in [4.78, 5) is 53.6. The first kappa shape index (κ1) is 119. The van der Waals surface area contributed by atoms with Crippen LogP contribution in [-0.4, -0.2) is 627 Å². The maximum atomic E-state index is 13.8. The highest BCUT2D eigenvalue weighted by molar-refractivity contribution is 5.74. The highest BCUT2D eigenvalue weighted by Gasteiger charge is 2.64. The zero-order valence-corrected chi connectivity index (χ0v) is 77.2. The molecule has 0 aromatic rings. The zero-order chi connectivity index (χ0) is 106. The Morgan fingerprint density at radius 2 is 0.510 bits per heavy atom. The maximum Gasteiger partial charge on any atom is 0.217 e. The minimum atomic E-state index is -2.66. The smallest absolute Gasteiger partial charge is 0.217 e. The highest BCUT2D eigenvalue weighted by Crippen LogP contribution is 2.43. The van der Waals surface area contributed by atoms with Gasteiger partial charge in [-0.05, 0) is 13.8 Å². The van der Waals surface area contributed by atoms with Gasteiger partial charge in [0.15, 0.2) is 69.2 Å². The van der Waals surface area contributed by atoms with Crippen LogP contribution in [0.1, 0.15) is 41.5 Å². The Hall–Kier alpha value is -4.32. The average Bonchev–Trinajstić information content (AvgIpc) is 0.757. The Kier molecular flexibility index (Phi) is 43.5. The molecule has 0 aromatic heterocycles. The van der Waals surface area contributed by atoms with Gasteiger partial charge in [-0.1, -0.05) is 0 Å². The number of hydrogen-bond acceptors (Lipinski definition) is 59. The molecule has 11 aliphatic heterocycles. The number of aliphatic hydroxyl groups excluding tert-OH is 33. The zero-order valence-electron chi connectivity index (χ0n) is 77.2. The monoisotopic (exact) mass is 2100 g/mol. The third kappa shape index (κ3) is 26.8. The van der Waals surface area contributed by atoms with E-state index in [0.29, 0.717) is 0 Å². The first-order valence-corrected chi connectivity index (χ1v) is 45.8. The third-order valence-corrected chi connectivity index (χ3v) is 26.2. The van der Waals surface area contributed by atoms with Crippen LogP contribution >= 0.6 is 0 Å². The van der Waals surface area contributed by atoms with E-state index in [1.807, 2.05) is 0 Å². The fourth-order valence-corrected chi connectivity index (χ4v) is 18.3. The lowest BCUT2D eigenvalue weighted by atomic mass is 9.93. The van der Waals surface area contributed by atoms with Gasteiger partial charge >= 0.3 is 0 Å². The first-order chi connectivity index (χ1) is 67.6. The van der Waals surface area contributed by atoms with Gasteiger partial charge in [0, 0.05) is 27.7 Å². The van der Waals surface area contributed by atoms with Crippen LogP contribution in [0.15, 0.2) is 0 Å². The van der Waals surface area contributed by atoms with E-state index in [9.17, 15) is 188 Å². The second-order valence-corrected chi connectivity index (χ2v) is 36.4. The summed E-state index contributed by atoms with van der Waals surface area (Å²) in [6.07, 6.45) is -118. The number of ether oxygens (including phenoxy) is 22. The molecule has 143 heavy (non-hydrogen) atoms. The fourth-order valence-electron chi connectivity index (χ4n) is 18.3. The predicted molar refractivity (Wildman–Crippen MR) is 441 cm³/mol. The third-order valence-electron chi connectivity index (χ3n) is 26.2. The van der Waals surface area contributed by atoms with E-state index in [1.165, 1.54) is 13.8 Å². The van der Waals surface area contributed by atoms with E-state index in [-0.39, 0.29) is 0 Å². The van der Waals surface area contributed by atoms with Gasteiger partial charge in [0.05, 0.1) is 84.9 Å². The van der Waals surface area contributed by atoms with Crippen molar-refractivity contribution in [3.8, 4) is 0 Å². The van der Waals surface area contributed by atoms with Gasteiger partial charge < -0.3 is 294 Å². The predicted octanol–water partition coefficient (Wildman–Crippen LogP) is -24.9. The standard InChI is InChI=1S/C80H136N4O59/c1-18-39(100)50(111)55(116)74(124-18)138-64-32(15-93)132-73(38(84-23(6)97)66(64)140-80-69(54(115)44(105)28(11-89)129-80)143-75-56(117)51(112)40(101)19(2)125-75)142-67-46(107)33(133-78(59(67)120)135-61(25(99)8-86)41(102)24(98)7-85)16-122-71-36(82-21(4)95)49(110)63(31(14-92)131-71)137-79-60(121)68(141-72-37(83-22(5)96)65(45(106)29(12-90)126-72)139-77-58(119)53(114)43(104)27(10-88)128-77)47(108)34(134-79)17-123-70-35(81-20(3)94)48(109)62(30(13-91)130-70)136-76-57(118)52(113)42(103)26(9-87)127-76/h18-19,24-80,85-93,98-121H,7-17H2,1-6H3,(H,81,94)(H,82,95)(H,83,96)(H,84,97)/t18-,19-,24-,25+,26+,27+,28+,29+,30+,31+,32+,33+,34+,35+,36+,37+,38+,39+,40+,41+,42-,43-,44-,45+,46-,47-,48+,49+,50+,51+,52-,53-,54-,55-,56-,57+,58+,59+,60+,61+,62+,63+,64+,65+,66+,67-,68-,69+,70+,71+,72-,73-,74-,75-,76-,77-,78-,79-,80-/m0/s1. The lowest BCUT2D eigenvalue weighted by molar-refractivity contribution is -0.400. The van der Waals surface area contributed by atoms with Crippen LogP contribution in [0.4, 0.5) is 0 Å². The molecule has 0 bridgehead atoms. The molecular weight excluding hydrogens is 1960 g/mol. The van der Waals surface area contributed by atoms with Gasteiger partial charge in [0.25, 0.3) is 0 Å². The van der Waals surface area contributed by atoms with Crippen molar-refractivity contribution in [1.82, 2.24) is 21.3 Å². The van der Waals surface area contributed by atoms with Crippen LogP contribution < -0.4 is 21.3 Å². The van der Waals surface area contributed by atoms with E-state index in [2.05, 4.69) is 21.3 Å². The lowest BCUT2D eigenvalue weighted by Crippen LogP contribution is -2.71. The number of amides is 4. The number of carbonyl (C=O) groups is 4. The Balaban J connectivity index is 0.930. The Morgan fingerprint density at radius 1 is 0.238 bits per heavy atom. The quantitative estimate of drug-likeness (QED) is 0.0271. The number of nitrogens with one attached hydrogen (secondary N) is 4. The molecule has 0 saturated carbocycles. The van der Waals surface area contributed by atoms with Crippen molar-refractivity contribution in [2.45, 2.75) is 403 Å². The van der Waals surface area contributed by atoms with Crippen molar-refractivity contribution in [2.24, 2.45) is 0 Å². The molecule has 11 saturated heterocycles. The molecule has 59 atom stereocenters.